The number of ether oxygens (including phenoxy) is 1. The third-order valence-electron chi connectivity index (χ3n) is 9.67. The van der Waals surface area contributed by atoms with Gasteiger partial charge in [0, 0.05) is 67.3 Å². The fourth-order valence-corrected chi connectivity index (χ4v) is 7.95. The van der Waals surface area contributed by atoms with Crippen molar-refractivity contribution in [2.45, 2.75) is 83.2 Å². The van der Waals surface area contributed by atoms with Gasteiger partial charge >= 0.3 is 0 Å². The highest BCUT2D eigenvalue weighted by molar-refractivity contribution is 7.14. The van der Waals surface area contributed by atoms with Gasteiger partial charge < -0.3 is 15.0 Å². The highest BCUT2D eigenvalue weighted by Gasteiger charge is 2.32. The van der Waals surface area contributed by atoms with Crippen LogP contribution < -0.4 is 15.4 Å². The maximum absolute atomic E-state index is 13.3. The quantitative estimate of drug-likeness (QED) is 0.283. The van der Waals surface area contributed by atoms with Crippen LogP contribution in [0.2, 0.25) is 0 Å². The third kappa shape index (κ3) is 7.61. The highest BCUT2D eigenvalue weighted by Crippen LogP contribution is 2.39. The van der Waals surface area contributed by atoms with E-state index in [2.05, 4.69) is 33.7 Å². The summed E-state index contributed by atoms with van der Waals surface area (Å²) in [5.74, 6) is 1.14. The van der Waals surface area contributed by atoms with Gasteiger partial charge in [0.25, 0.3) is 11.8 Å². The van der Waals surface area contributed by atoms with Crippen LogP contribution in [0.4, 0.5) is 5.13 Å². The SMILES string of the molecule is CCOc1ccc(C2CCCCC2)cc1-c1csc(NC(=O)c2ccc(C(=O)N3CCC(N4CCC(NC(C)=O)C4)CC3)cc2)n1. The van der Waals surface area contributed by atoms with E-state index >= 15 is 0 Å². The molecule has 1 aromatic heterocycles. The molecule has 244 valence electrons. The number of aromatic nitrogens is 1. The molecule has 2 N–H and O–H groups in total. The number of carbonyl (C=O) groups is 3. The molecule has 1 atom stereocenters. The molecular weight excluding hydrogens is 598 g/mol. The maximum Gasteiger partial charge on any atom is 0.257 e. The molecule has 3 amide bonds. The van der Waals surface area contributed by atoms with Gasteiger partial charge in [0.2, 0.25) is 5.91 Å². The average molecular weight is 644 g/mol. The first-order valence-electron chi connectivity index (χ1n) is 16.8. The minimum Gasteiger partial charge on any atom is -0.493 e. The van der Waals surface area contributed by atoms with Gasteiger partial charge in [-0.05, 0) is 86.9 Å². The van der Waals surface area contributed by atoms with Gasteiger partial charge in [0.05, 0.1) is 12.3 Å². The van der Waals surface area contributed by atoms with Crippen LogP contribution in [0, 0.1) is 0 Å². The molecule has 1 unspecified atom stereocenters. The molecule has 10 heteroatoms. The number of rotatable bonds is 9. The van der Waals surface area contributed by atoms with Gasteiger partial charge in [-0.25, -0.2) is 4.98 Å². The number of nitrogens with one attached hydrogen (secondary N) is 2. The molecule has 46 heavy (non-hydrogen) atoms. The molecule has 3 fully saturated rings. The number of carbonyl (C=O) groups excluding carboxylic acids is 3. The van der Waals surface area contributed by atoms with Gasteiger partial charge in [-0.3, -0.25) is 24.6 Å². The van der Waals surface area contributed by atoms with E-state index in [1.807, 2.05) is 17.2 Å². The Kier molecular flexibility index (Phi) is 10.3. The monoisotopic (exact) mass is 643 g/mol. The van der Waals surface area contributed by atoms with E-state index in [0.717, 1.165) is 49.4 Å². The highest BCUT2D eigenvalue weighted by atomic mass is 32.1. The molecule has 2 saturated heterocycles. The van der Waals surface area contributed by atoms with E-state index in [9.17, 15) is 14.4 Å². The fourth-order valence-electron chi connectivity index (χ4n) is 7.25. The molecule has 0 radical (unpaired) electrons. The second-order valence-electron chi connectivity index (χ2n) is 12.8. The van der Waals surface area contributed by atoms with E-state index in [-0.39, 0.29) is 23.8 Å². The first kappa shape index (κ1) is 32.2. The number of thiazole rings is 1. The summed E-state index contributed by atoms with van der Waals surface area (Å²) in [4.78, 5) is 46.9. The third-order valence-corrected chi connectivity index (χ3v) is 10.4. The summed E-state index contributed by atoms with van der Waals surface area (Å²) >= 11 is 1.39. The van der Waals surface area contributed by atoms with Gasteiger partial charge in [-0.2, -0.15) is 0 Å². The maximum atomic E-state index is 13.3. The minimum absolute atomic E-state index is 0.00641. The zero-order valence-corrected chi connectivity index (χ0v) is 27.7. The average Bonchev–Trinajstić information content (AvgIpc) is 3.75. The molecule has 3 aromatic rings. The van der Waals surface area contributed by atoms with Gasteiger partial charge in [0.1, 0.15) is 5.75 Å². The smallest absolute Gasteiger partial charge is 0.257 e. The zero-order chi connectivity index (χ0) is 32.0. The lowest BCUT2D eigenvalue weighted by Gasteiger charge is -2.36. The minimum atomic E-state index is -0.259. The fraction of sp³-hybridized carbons (Fsp3) is 0.500. The van der Waals surface area contributed by atoms with E-state index < -0.39 is 0 Å². The van der Waals surface area contributed by atoms with Gasteiger partial charge in [-0.15, -0.1) is 11.3 Å². The Bertz CT molecular complexity index is 1530. The normalized spacial score (nSPS) is 19.6. The van der Waals surface area contributed by atoms with Crippen LogP contribution in [-0.4, -0.2) is 77.4 Å². The Balaban J connectivity index is 1.04. The molecule has 3 aliphatic rings. The number of hydrogen-bond acceptors (Lipinski definition) is 7. The molecule has 2 aliphatic heterocycles. The lowest BCUT2D eigenvalue weighted by molar-refractivity contribution is -0.119. The first-order chi connectivity index (χ1) is 22.4. The summed E-state index contributed by atoms with van der Waals surface area (Å²) in [6.07, 6.45) is 9.12. The summed E-state index contributed by atoms with van der Waals surface area (Å²) in [6, 6.07) is 14.0. The largest absolute Gasteiger partial charge is 0.493 e. The summed E-state index contributed by atoms with van der Waals surface area (Å²) in [5, 5.41) is 8.46. The predicted octanol–water partition coefficient (Wildman–Crippen LogP) is 6.32. The molecule has 2 aromatic carbocycles. The summed E-state index contributed by atoms with van der Waals surface area (Å²) in [5.41, 5.74) is 4.15. The number of amides is 3. The Morgan fingerprint density at radius 2 is 1.67 bits per heavy atom. The number of likely N-dealkylation sites (tertiary alicyclic amines) is 2. The van der Waals surface area contributed by atoms with Crippen molar-refractivity contribution in [2.75, 3.05) is 38.1 Å². The number of nitrogens with zero attached hydrogens (tertiary/aromatic N) is 3. The number of anilines is 1. The second-order valence-corrected chi connectivity index (χ2v) is 13.7. The van der Waals surface area contributed by atoms with E-state index in [1.165, 1.54) is 49.0 Å². The van der Waals surface area contributed by atoms with Crippen LogP contribution in [0.5, 0.6) is 5.75 Å². The summed E-state index contributed by atoms with van der Waals surface area (Å²) < 4.78 is 5.94. The Labute approximate surface area is 275 Å². The van der Waals surface area contributed by atoms with E-state index in [0.29, 0.717) is 47.9 Å². The van der Waals surface area contributed by atoms with Crippen LogP contribution in [0.1, 0.15) is 97.4 Å². The van der Waals surface area contributed by atoms with Crippen molar-refractivity contribution in [1.82, 2.24) is 20.1 Å². The van der Waals surface area contributed by atoms with Crippen LogP contribution in [0.15, 0.2) is 47.8 Å². The van der Waals surface area contributed by atoms with Crippen molar-refractivity contribution in [3.63, 3.8) is 0 Å². The van der Waals surface area contributed by atoms with Crippen molar-refractivity contribution in [3.8, 4) is 17.0 Å². The topological polar surface area (TPSA) is 104 Å². The Morgan fingerprint density at radius 1 is 0.935 bits per heavy atom. The first-order valence-corrected chi connectivity index (χ1v) is 17.7. The molecule has 1 aliphatic carbocycles. The molecule has 9 nitrogen and oxygen atoms in total. The summed E-state index contributed by atoms with van der Waals surface area (Å²) in [7, 11) is 0. The van der Waals surface area contributed by atoms with Crippen molar-refractivity contribution in [1.29, 1.82) is 0 Å². The van der Waals surface area contributed by atoms with E-state index in [1.54, 1.807) is 31.2 Å². The number of hydrogen-bond donors (Lipinski definition) is 2. The van der Waals surface area contributed by atoms with Gasteiger partial charge in [0.15, 0.2) is 5.13 Å². The van der Waals surface area contributed by atoms with Crippen molar-refractivity contribution >= 4 is 34.2 Å². The van der Waals surface area contributed by atoms with Crippen molar-refractivity contribution in [2.24, 2.45) is 0 Å². The lowest BCUT2D eigenvalue weighted by Crippen LogP contribution is -2.47. The molecule has 3 heterocycles. The molecule has 1 saturated carbocycles. The molecule has 0 bridgehead atoms. The lowest BCUT2D eigenvalue weighted by atomic mass is 9.83. The Morgan fingerprint density at radius 3 is 2.39 bits per heavy atom. The number of benzene rings is 2. The second kappa shape index (κ2) is 14.8. The van der Waals surface area contributed by atoms with Crippen molar-refractivity contribution in [3.05, 3.63) is 64.5 Å². The number of piperidine rings is 1. The van der Waals surface area contributed by atoms with E-state index in [4.69, 9.17) is 9.72 Å². The summed E-state index contributed by atoms with van der Waals surface area (Å²) in [6.45, 7) is 7.39. The van der Waals surface area contributed by atoms with Crippen LogP contribution in [0.25, 0.3) is 11.3 Å². The standard InChI is InChI=1S/C36H45N5O4S/c1-3-45-33-14-13-28(25-7-5-4-6-8-25)21-31(33)32-23-46-36(38-32)39-34(43)26-9-11-27(12-10-26)35(44)40-19-16-30(17-20-40)41-18-15-29(22-41)37-24(2)42/h9-14,21,23,25,29-30H,3-8,15-20,22H2,1-2H3,(H,37,42)(H,38,39,43). The molecule has 6 rings (SSSR count). The Hall–Kier alpha value is -3.76. The molecular formula is C36H45N5O4S. The zero-order valence-electron chi connectivity index (χ0n) is 26.9. The van der Waals surface area contributed by atoms with Crippen LogP contribution in [-0.2, 0) is 4.79 Å². The van der Waals surface area contributed by atoms with Crippen molar-refractivity contribution < 1.29 is 19.1 Å². The molecule has 0 spiro atoms. The van der Waals surface area contributed by atoms with Gasteiger partial charge in [-0.1, -0.05) is 25.3 Å². The predicted molar refractivity (Wildman–Crippen MR) is 182 cm³/mol. The van der Waals surface area contributed by atoms with Crippen LogP contribution >= 0.6 is 11.3 Å². The van der Waals surface area contributed by atoms with Crippen LogP contribution in [0.3, 0.4) is 0 Å².